The molecule has 1 unspecified atom stereocenters. The van der Waals surface area contributed by atoms with Gasteiger partial charge in [0.15, 0.2) is 0 Å². The highest BCUT2D eigenvalue weighted by Gasteiger charge is 2.48. The fraction of sp³-hybridized carbons (Fsp3) is 0.143. The van der Waals surface area contributed by atoms with Gasteiger partial charge in [0, 0.05) is 10.8 Å². The summed E-state index contributed by atoms with van der Waals surface area (Å²) in [5.41, 5.74) is 20.3. The summed E-state index contributed by atoms with van der Waals surface area (Å²) in [6.45, 7) is 7.09. The predicted molar refractivity (Wildman–Crippen MR) is 245 cm³/mol. The lowest BCUT2D eigenvalue weighted by atomic mass is 9.63. The largest absolute Gasteiger partial charge is 0.497 e. The third-order valence-corrected chi connectivity index (χ3v) is 13.9. The molecule has 2 heteroatoms. The minimum atomic E-state index is -0.486. The van der Waals surface area contributed by atoms with Crippen LogP contribution in [0.25, 0.3) is 39.1 Å². The van der Waals surface area contributed by atoms with E-state index in [0.29, 0.717) is 0 Å². The third kappa shape index (κ3) is 4.66. The Morgan fingerprint density at radius 2 is 1.21 bits per heavy atom. The number of rotatable bonds is 5. The SMILES string of the molecule is Bc1ccc2c3c(c4c(c2c1)CC(c1ccc(OC)cc1)(c1ccc2c(c1)C(c1ccccc1)(c1ccccc1)c1ccccc1-2)C=C4)C(C)(C)c1cc(C)ccc1-3. The average Bonchev–Trinajstić information content (AvgIpc) is 3.69. The van der Waals surface area contributed by atoms with E-state index in [4.69, 9.17) is 4.74 Å². The van der Waals surface area contributed by atoms with Gasteiger partial charge in [0.2, 0.25) is 0 Å². The highest BCUT2D eigenvalue weighted by Crippen LogP contribution is 2.59. The Labute approximate surface area is 343 Å². The quantitative estimate of drug-likeness (QED) is 0.160. The lowest BCUT2D eigenvalue weighted by Gasteiger charge is -2.39. The molecule has 1 atom stereocenters. The van der Waals surface area contributed by atoms with Gasteiger partial charge in [-0.1, -0.05) is 189 Å². The Morgan fingerprint density at radius 1 is 0.552 bits per heavy atom. The zero-order chi connectivity index (χ0) is 39.4. The Balaban J connectivity index is 1.21. The molecule has 0 radical (unpaired) electrons. The van der Waals surface area contributed by atoms with Gasteiger partial charge in [0.25, 0.3) is 0 Å². The van der Waals surface area contributed by atoms with Crippen molar-refractivity contribution in [2.45, 2.75) is 43.4 Å². The van der Waals surface area contributed by atoms with E-state index in [1.807, 2.05) is 0 Å². The van der Waals surface area contributed by atoms with Crippen molar-refractivity contribution in [3.63, 3.8) is 0 Å². The number of hydrogen-bond donors (Lipinski definition) is 0. The molecule has 1 nitrogen and oxygen atoms in total. The van der Waals surface area contributed by atoms with Crippen LogP contribution in [0.3, 0.4) is 0 Å². The van der Waals surface area contributed by atoms with Crippen LogP contribution in [-0.4, -0.2) is 15.0 Å². The van der Waals surface area contributed by atoms with E-state index in [1.165, 1.54) is 99.7 Å². The first kappa shape index (κ1) is 34.8. The number of fused-ring (bicyclic) bond motifs is 11. The van der Waals surface area contributed by atoms with Crippen LogP contribution in [0.2, 0.25) is 0 Å². The summed E-state index contributed by atoms with van der Waals surface area (Å²) in [6, 6.07) is 61.8. The molecule has 278 valence electrons. The summed E-state index contributed by atoms with van der Waals surface area (Å²) in [6.07, 6.45) is 5.87. The number of methoxy groups -OCH3 is 1. The molecule has 0 amide bonds. The summed E-state index contributed by atoms with van der Waals surface area (Å²) in [5.74, 6) is 0.865. The first-order valence-electron chi connectivity index (χ1n) is 20.7. The smallest absolute Gasteiger partial charge is 0.139 e. The van der Waals surface area contributed by atoms with E-state index in [2.05, 4.69) is 205 Å². The van der Waals surface area contributed by atoms with Crippen molar-refractivity contribution in [1.29, 1.82) is 0 Å². The first-order valence-corrected chi connectivity index (χ1v) is 20.7. The molecule has 0 saturated carbocycles. The molecule has 0 heterocycles. The van der Waals surface area contributed by atoms with Crippen molar-refractivity contribution >= 4 is 30.2 Å². The molecule has 0 saturated heterocycles. The molecule has 0 spiro atoms. The number of benzene rings is 8. The number of aryl methyl sites for hydroxylation is 1. The number of ether oxygens (including phenoxy) is 1. The Hall–Kier alpha value is -6.38. The van der Waals surface area contributed by atoms with Crippen molar-refractivity contribution in [2.24, 2.45) is 0 Å². The second-order valence-corrected chi connectivity index (χ2v) is 17.4. The van der Waals surface area contributed by atoms with Gasteiger partial charge in [0.1, 0.15) is 13.6 Å². The van der Waals surface area contributed by atoms with E-state index in [0.717, 1.165) is 12.2 Å². The van der Waals surface area contributed by atoms with Crippen LogP contribution in [-0.2, 0) is 22.7 Å². The lowest BCUT2D eigenvalue weighted by Crippen LogP contribution is -2.33. The van der Waals surface area contributed by atoms with Gasteiger partial charge >= 0.3 is 0 Å². The molecule has 3 aliphatic rings. The molecule has 0 aromatic heterocycles. The summed E-state index contributed by atoms with van der Waals surface area (Å²) in [4.78, 5) is 0. The Kier molecular flexibility index (Phi) is 7.55. The van der Waals surface area contributed by atoms with Crippen molar-refractivity contribution in [1.82, 2.24) is 0 Å². The van der Waals surface area contributed by atoms with Crippen molar-refractivity contribution < 1.29 is 4.74 Å². The van der Waals surface area contributed by atoms with Gasteiger partial charge in [-0.05, 0) is 114 Å². The average molecular weight is 745 g/mol. The van der Waals surface area contributed by atoms with E-state index in [-0.39, 0.29) is 5.41 Å². The summed E-state index contributed by atoms with van der Waals surface area (Å²) in [5, 5.41) is 2.71. The van der Waals surface area contributed by atoms with Crippen LogP contribution in [0.5, 0.6) is 5.75 Å². The standard InChI is InChI=1S/C56H45BO/c1-35-19-26-46-50(31-35)54(2,3)53-45-29-30-55(36-20-24-41(58-4)25-21-36,34-48(45)47-33-40(57)23-28-44(47)52(46)53)39-22-27-43-42-17-11-12-18-49(42)56(51(43)32-39,37-13-7-5-8-14-37)38-15-9-6-10-16-38/h5-33H,34,57H2,1-4H3. The zero-order valence-electron chi connectivity index (χ0n) is 33.9. The summed E-state index contributed by atoms with van der Waals surface area (Å²) in [7, 11) is 3.99. The fourth-order valence-corrected chi connectivity index (χ4v) is 11.3. The van der Waals surface area contributed by atoms with Crippen LogP contribution in [0.4, 0.5) is 0 Å². The minimum absolute atomic E-state index is 0.144. The molecule has 8 aromatic rings. The van der Waals surface area contributed by atoms with E-state index in [9.17, 15) is 0 Å². The van der Waals surface area contributed by atoms with Gasteiger partial charge in [-0.2, -0.15) is 0 Å². The van der Waals surface area contributed by atoms with E-state index >= 15 is 0 Å². The van der Waals surface area contributed by atoms with Gasteiger partial charge < -0.3 is 4.74 Å². The molecule has 11 rings (SSSR count). The summed E-state index contributed by atoms with van der Waals surface area (Å²) >= 11 is 0. The maximum absolute atomic E-state index is 5.74. The molecule has 0 aliphatic heterocycles. The zero-order valence-corrected chi connectivity index (χ0v) is 33.9. The molecule has 0 bridgehead atoms. The highest BCUT2D eigenvalue weighted by molar-refractivity contribution is 6.33. The normalized spacial score (nSPS) is 17.6. The van der Waals surface area contributed by atoms with Crippen LogP contribution >= 0.6 is 0 Å². The van der Waals surface area contributed by atoms with Gasteiger partial charge in [-0.15, -0.1) is 0 Å². The molecule has 8 aromatic carbocycles. The third-order valence-electron chi connectivity index (χ3n) is 13.9. The molecule has 3 aliphatic carbocycles. The predicted octanol–water partition coefficient (Wildman–Crippen LogP) is 11.6. The molecular formula is C56H45BO. The molecule has 58 heavy (non-hydrogen) atoms. The van der Waals surface area contributed by atoms with Crippen LogP contribution in [0.15, 0.2) is 170 Å². The van der Waals surface area contributed by atoms with Crippen LogP contribution < -0.4 is 10.2 Å². The van der Waals surface area contributed by atoms with Gasteiger partial charge in [-0.3, -0.25) is 0 Å². The van der Waals surface area contributed by atoms with Gasteiger partial charge in [-0.25, -0.2) is 0 Å². The van der Waals surface area contributed by atoms with Crippen molar-refractivity contribution in [3.8, 4) is 28.0 Å². The van der Waals surface area contributed by atoms with Crippen molar-refractivity contribution in [3.05, 3.63) is 231 Å². The second-order valence-electron chi connectivity index (χ2n) is 17.4. The number of allylic oxidation sites excluding steroid dienone is 1. The Morgan fingerprint density at radius 3 is 1.93 bits per heavy atom. The maximum Gasteiger partial charge on any atom is 0.139 e. The van der Waals surface area contributed by atoms with Crippen molar-refractivity contribution in [2.75, 3.05) is 7.11 Å². The van der Waals surface area contributed by atoms with Gasteiger partial charge in [0.05, 0.1) is 12.5 Å². The Bertz CT molecular complexity index is 2950. The summed E-state index contributed by atoms with van der Waals surface area (Å²) < 4.78 is 5.74. The minimum Gasteiger partial charge on any atom is -0.497 e. The fourth-order valence-electron chi connectivity index (χ4n) is 11.3. The molecule has 0 fully saturated rings. The van der Waals surface area contributed by atoms with E-state index in [1.54, 1.807) is 7.11 Å². The van der Waals surface area contributed by atoms with Crippen LogP contribution in [0, 0.1) is 6.92 Å². The highest BCUT2D eigenvalue weighted by atomic mass is 16.5. The molecular weight excluding hydrogens is 699 g/mol. The molecule has 0 N–H and O–H groups in total. The van der Waals surface area contributed by atoms with E-state index < -0.39 is 10.8 Å². The number of hydrogen-bond acceptors (Lipinski definition) is 1. The maximum atomic E-state index is 5.74. The monoisotopic (exact) mass is 744 g/mol. The van der Waals surface area contributed by atoms with Crippen LogP contribution in [0.1, 0.15) is 75.0 Å². The lowest BCUT2D eigenvalue weighted by molar-refractivity contribution is 0.414. The second kappa shape index (κ2) is 12.6. The first-order chi connectivity index (χ1) is 28.3. The topological polar surface area (TPSA) is 9.23 Å².